The smallest absolute Gasteiger partial charge is 0.161 e. The minimum absolute atomic E-state index is 0.0772. The monoisotopic (exact) mass is 251 g/mol. The molecule has 2 rings (SSSR count). The SMILES string of the molecule is CCc1cc(N)nc(-c2ccc(Cl)c(F)c2)n1. The van der Waals surface area contributed by atoms with E-state index in [0.717, 1.165) is 12.1 Å². The number of nitrogen functional groups attached to an aromatic ring is 1. The van der Waals surface area contributed by atoms with Gasteiger partial charge in [0.15, 0.2) is 5.82 Å². The van der Waals surface area contributed by atoms with Crippen LogP contribution < -0.4 is 5.73 Å². The number of aryl methyl sites for hydroxylation is 1. The van der Waals surface area contributed by atoms with Gasteiger partial charge < -0.3 is 5.73 Å². The number of nitrogens with zero attached hydrogens (tertiary/aromatic N) is 2. The highest BCUT2D eigenvalue weighted by Gasteiger charge is 2.07. The van der Waals surface area contributed by atoms with Gasteiger partial charge in [0, 0.05) is 17.3 Å². The highest BCUT2D eigenvalue weighted by Crippen LogP contribution is 2.22. The van der Waals surface area contributed by atoms with Crippen LogP contribution in [-0.2, 0) is 6.42 Å². The summed E-state index contributed by atoms with van der Waals surface area (Å²) in [6, 6.07) is 6.15. The molecular weight excluding hydrogens is 241 g/mol. The second kappa shape index (κ2) is 4.67. The summed E-state index contributed by atoms with van der Waals surface area (Å²) in [5, 5.41) is 0.0772. The summed E-state index contributed by atoms with van der Waals surface area (Å²) in [4.78, 5) is 8.37. The summed E-state index contributed by atoms with van der Waals surface area (Å²) in [5.41, 5.74) is 7.06. The first-order valence-corrected chi connectivity index (χ1v) is 5.57. The largest absolute Gasteiger partial charge is 0.384 e. The Hall–Kier alpha value is -1.68. The van der Waals surface area contributed by atoms with Crippen molar-refractivity contribution in [3.05, 3.63) is 40.8 Å². The van der Waals surface area contributed by atoms with Gasteiger partial charge in [0.2, 0.25) is 0 Å². The van der Waals surface area contributed by atoms with Crippen molar-refractivity contribution in [3.63, 3.8) is 0 Å². The fraction of sp³-hybridized carbons (Fsp3) is 0.167. The van der Waals surface area contributed by atoms with Gasteiger partial charge in [-0.15, -0.1) is 0 Å². The first kappa shape index (κ1) is 11.8. The summed E-state index contributed by atoms with van der Waals surface area (Å²) < 4.78 is 13.3. The van der Waals surface area contributed by atoms with Crippen LogP contribution in [0.1, 0.15) is 12.6 Å². The lowest BCUT2D eigenvalue weighted by Crippen LogP contribution is -1.99. The summed E-state index contributed by atoms with van der Waals surface area (Å²) >= 11 is 5.62. The molecule has 2 aromatic rings. The van der Waals surface area contributed by atoms with Crippen LogP contribution in [0.15, 0.2) is 24.3 Å². The third-order valence-electron chi connectivity index (χ3n) is 2.34. The minimum Gasteiger partial charge on any atom is -0.384 e. The van der Waals surface area contributed by atoms with Crippen LogP contribution >= 0.6 is 11.6 Å². The molecule has 0 radical (unpaired) electrons. The standard InChI is InChI=1S/C12H11ClFN3/c1-2-8-6-11(15)17-12(16-8)7-3-4-9(13)10(14)5-7/h3-6H,2H2,1H3,(H2,15,16,17). The molecule has 0 amide bonds. The van der Waals surface area contributed by atoms with Gasteiger partial charge in [-0.1, -0.05) is 18.5 Å². The van der Waals surface area contributed by atoms with Crippen LogP contribution in [0.5, 0.6) is 0 Å². The van der Waals surface area contributed by atoms with Crippen LogP contribution in [0.4, 0.5) is 10.2 Å². The number of anilines is 1. The van der Waals surface area contributed by atoms with E-state index in [1.807, 2.05) is 6.92 Å². The Kier molecular flexibility index (Phi) is 3.24. The van der Waals surface area contributed by atoms with Crippen LogP contribution in [0, 0.1) is 5.82 Å². The molecule has 17 heavy (non-hydrogen) atoms. The average molecular weight is 252 g/mol. The molecule has 0 atom stereocenters. The summed E-state index contributed by atoms with van der Waals surface area (Å²) in [5.74, 6) is 0.299. The molecule has 2 N–H and O–H groups in total. The molecule has 0 aliphatic rings. The topological polar surface area (TPSA) is 51.8 Å². The molecule has 0 spiro atoms. The molecule has 0 unspecified atom stereocenters. The highest BCUT2D eigenvalue weighted by atomic mass is 35.5. The number of rotatable bonds is 2. The minimum atomic E-state index is -0.492. The van der Waals surface area contributed by atoms with Crippen molar-refractivity contribution >= 4 is 17.4 Å². The molecule has 0 aliphatic carbocycles. The second-order valence-corrected chi connectivity index (χ2v) is 4.00. The maximum atomic E-state index is 13.3. The maximum absolute atomic E-state index is 13.3. The zero-order valence-electron chi connectivity index (χ0n) is 9.24. The lowest BCUT2D eigenvalue weighted by atomic mass is 10.2. The summed E-state index contributed by atoms with van der Waals surface area (Å²) in [6.45, 7) is 1.97. The van der Waals surface area contributed by atoms with Crippen molar-refractivity contribution in [3.8, 4) is 11.4 Å². The maximum Gasteiger partial charge on any atom is 0.161 e. The lowest BCUT2D eigenvalue weighted by Gasteiger charge is -2.05. The molecule has 0 saturated heterocycles. The molecule has 0 fully saturated rings. The molecule has 1 aromatic carbocycles. The van der Waals surface area contributed by atoms with Gasteiger partial charge in [0.05, 0.1) is 5.02 Å². The van der Waals surface area contributed by atoms with Gasteiger partial charge in [-0.3, -0.25) is 0 Å². The third-order valence-corrected chi connectivity index (χ3v) is 2.65. The van der Waals surface area contributed by atoms with E-state index < -0.39 is 5.82 Å². The van der Waals surface area contributed by atoms with E-state index in [1.54, 1.807) is 12.1 Å². The molecule has 1 aromatic heterocycles. The van der Waals surface area contributed by atoms with E-state index in [0.29, 0.717) is 17.2 Å². The van der Waals surface area contributed by atoms with Crippen molar-refractivity contribution in [1.29, 1.82) is 0 Å². The van der Waals surface area contributed by atoms with Crippen molar-refractivity contribution in [2.75, 3.05) is 5.73 Å². The van der Waals surface area contributed by atoms with Crippen molar-refractivity contribution in [1.82, 2.24) is 9.97 Å². The predicted molar refractivity (Wildman–Crippen MR) is 66.2 cm³/mol. The van der Waals surface area contributed by atoms with Gasteiger partial charge in [0.1, 0.15) is 11.6 Å². The fourth-order valence-corrected chi connectivity index (χ4v) is 1.58. The number of halogens is 2. The van der Waals surface area contributed by atoms with Crippen LogP contribution in [0.25, 0.3) is 11.4 Å². The zero-order valence-corrected chi connectivity index (χ0v) is 10.0. The Morgan fingerprint density at radius 1 is 1.29 bits per heavy atom. The fourth-order valence-electron chi connectivity index (χ4n) is 1.46. The molecule has 88 valence electrons. The Labute approximate surface area is 103 Å². The molecule has 0 aliphatic heterocycles. The molecule has 1 heterocycles. The zero-order chi connectivity index (χ0) is 12.4. The van der Waals surface area contributed by atoms with E-state index in [4.69, 9.17) is 17.3 Å². The number of aromatic nitrogens is 2. The predicted octanol–water partition coefficient (Wildman–Crippen LogP) is 3.08. The molecule has 0 bridgehead atoms. The number of hydrogen-bond acceptors (Lipinski definition) is 3. The van der Waals surface area contributed by atoms with E-state index in [2.05, 4.69) is 9.97 Å². The average Bonchev–Trinajstić information content (AvgIpc) is 2.32. The first-order valence-electron chi connectivity index (χ1n) is 5.19. The van der Waals surface area contributed by atoms with Crippen molar-refractivity contribution in [2.45, 2.75) is 13.3 Å². The quantitative estimate of drug-likeness (QED) is 0.892. The number of hydrogen-bond donors (Lipinski definition) is 1. The second-order valence-electron chi connectivity index (χ2n) is 3.59. The van der Waals surface area contributed by atoms with Gasteiger partial charge in [0.25, 0.3) is 0 Å². The van der Waals surface area contributed by atoms with E-state index in [9.17, 15) is 4.39 Å². The lowest BCUT2D eigenvalue weighted by molar-refractivity contribution is 0.628. The summed E-state index contributed by atoms with van der Waals surface area (Å²) in [7, 11) is 0. The van der Waals surface area contributed by atoms with Crippen LogP contribution in [0.2, 0.25) is 5.02 Å². The van der Waals surface area contributed by atoms with Crippen LogP contribution in [-0.4, -0.2) is 9.97 Å². The van der Waals surface area contributed by atoms with E-state index in [1.165, 1.54) is 12.1 Å². The van der Waals surface area contributed by atoms with Gasteiger partial charge in [-0.2, -0.15) is 0 Å². The number of nitrogens with two attached hydrogens (primary N) is 1. The van der Waals surface area contributed by atoms with Gasteiger partial charge >= 0.3 is 0 Å². The van der Waals surface area contributed by atoms with E-state index in [-0.39, 0.29) is 5.02 Å². The highest BCUT2D eigenvalue weighted by molar-refractivity contribution is 6.30. The molecular formula is C12H11ClFN3. The third kappa shape index (κ3) is 2.53. The molecule has 0 saturated carbocycles. The molecule has 5 heteroatoms. The summed E-state index contributed by atoms with van der Waals surface area (Å²) in [6.07, 6.45) is 0.746. The Bertz CT molecular complexity index is 557. The van der Waals surface area contributed by atoms with Gasteiger partial charge in [-0.05, 0) is 24.6 Å². The first-order chi connectivity index (χ1) is 8.10. The normalized spacial score (nSPS) is 10.5. The van der Waals surface area contributed by atoms with Crippen molar-refractivity contribution in [2.24, 2.45) is 0 Å². The van der Waals surface area contributed by atoms with Gasteiger partial charge in [-0.25, -0.2) is 14.4 Å². The Balaban J connectivity index is 2.52. The van der Waals surface area contributed by atoms with Crippen molar-refractivity contribution < 1.29 is 4.39 Å². The Morgan fingerprint density at radius 2 is 2.06 bits per heavy atom. The van der Waals surface area contributed by atoms with E-state index >= 15 is 0 Å². The number of benzene rings is 1. The van der Waals surface area contributed by atoms with Crippen LogP contribution in [0.3, 0.4) is 0 Å². The molecule has 3 nitrogen and oxygen atoms in total. The Morgan fingerprint density at radius 3 is 2.71 bits per heavy atom.